The first-order chi connectivity index (χ1) is 7.58. The predicted octanol–water partition coefficient (Wildman–Crippen LogP) is 3.33. The minimum Gasteiger partial charge on any atom is -0.307 e. The van der Waals surface area contributed by atoms with Crippen LogP contribution in [0.15, 0.2) is 18.2 Å². The molecule has 1 aromatic carbocycles. The van der Waals surface area contributed by atoms with Crippen molar-refractivity contribution in [3.05, 3.63) is 34.9 Å². The molecule has 1 heteroatoms. The average Bonchev–Trinajstić information content (AvgIpc) is 2.23. The largest absolute Gasteiger partial charge is 0.307 e. The van der Waals surface area contributed by atoms with Crippen LogP contribution in [0, 0.1) is 0 Å². The van der Waals surface area contributed by atoms with E-state index in [2.05, 4.69) is 44.3 Å². The average molecular weight is 215 g/mol. The molecule has 0 saturated carbocycles. The first-order valence-electron chi connectivity index (χ1n) is 6.46. The van der Waals surface area contributed by atoms with Gasteiger partial charge in [0.2, 0.25) is 0 Å². The van der Waals surface area contributed by atoms with Crippen LogP contribution in [-0.4, -0.2) is 6.04 Å². The lowest BCUT2D eigenvalue weighted by Gasteiger charge is -2.42. The van der Waals surface area contributed by atoms with Gasteiger partial charge in [-0.3, -0.25) is 0 Å². The summed E-state index contributed by atoms with van der Waals surface area (Å²) in [6, 6.07) is 8.15. The van der Waals surface area contributed by atoms with E-state index >= 15 is 0 Å². The third-order valence-corrected chi connectivity index (χ3v) is 4.34. The molecule has 1 N–H and O–H groups in total. The Bertz CT molecular complexity index is 419. The maximum absolute atomic E-state index is 3.75. The number of hydrogen-bond acceptors (Lipinski definition) is 1. The van der Waals surface area contributed by atoms with Crippen molar-refractivity contribution in [3.8, 4) is 0 Å². The molecule has 0 amide bonds. The Labute approximate surface area is 98.3 Å². The van der Waals surface area contributed by atoms with Crippen LogP contribution in [0.1, 0.15) is 56.3 Å². The van der Waals surface area contributed by atoms with E-state index in [9.17, 15) is 0 Å². The summed E-state index contributed by atoms with van der Waals surface area (Å²) in [5, 5.41) is 3.75. The van der Waals surface area contributed by atoms with E-state index < -0.39 is 0 Å². The van der Waals surface area contributed by atoms with Crippen LogP contribution in [0.4, 0.5) is 0 Å². The summed E-state index contributed by atoms with van der Waals surface area (Å²) in [6.45, 7) is 7.07. The van der Waals surface area contributed by atoms with Gasteiger partial charge in [-0.25, -0.2) is 0 Å². The predicted molar refractivity (Wildman–Crippen MR) is 67.7 cm³/mol. The lowest BCUT2D eigenvalue weighted by Crippen LogP contribution is -2.42. The summed E-state index contributed by atoms with van der Waals surface area (Å²) in [4.78, 5) is 0. The summed E-state index contributed by atoms with van der Waals surface area (Å²) in [5.41, 5.74) is 5.16. The number of nitrogens with one attached hydrogen (secondary N) is 1. The molecule has 16 heavy (non-hydrogen) atoms. The molecule has 0 saturated heterocycles. The zero-order valence-corrected chi connectivity index (χ0v) is 10.5. The molecular formula is C15H21N. The van der Waals surface area contributed by atoms with Gasteiger partial charge in [0.25, 0.3) is 0 Å². The molecule has 1 aliphatic heterocycles. The van der Waals surface area contributed by atoms with Gasteiger partial charge in [-0.05, 0) is 48.3 Å². The molecule has 0 bridgehead atoms. The molecule has 0 spiro atoms. The Kier molecular flexibility index (Phi) is 2.16. The van der Waals surface area contributed by atoms with Gasteiger partial charge in [-0.1, -0.05) is 32.0 Å². The van der Waals surface area contributed by atoms with E-state index in [4.69, 9.17) is 0 Å². The maximum atomic E-state index is 3.75. The Hall–Kier alpha value is -0.820. The highest BCUT2D eigenvalue weighted by Gasteiger charge is 2.36. The molecule has 0 aromatic heterocycles. The Balaban J connectivity index is 2.19. The van der Waals surface area contributed by atoms with Crippen LogP contribution < -0.4 is 5.32 Å². The van der Waals surface area contributed by atoms with E-state index in [1.54, 1.807) is 16.7 Å². The second kappa shape index (κ2) is 3.33. The molecule has 3 rings (SSSR count). The molecule has 1 aliphatic carbocycles. The van der Waals surface area contributed by atoms with Crippen molar-refractivity contribution < 1.29 is 0 Å². The third-order valence-electron chi connectivity index (χ3n) is 4.34. The van der Waals surface area contributed by atoms with Gasteiger partial charge in [0.15, 0.2) is 0 Å². The molecule has 0 radical (unpaired) electrons. The lowest BCUT2D eigenvalue weighted by atomic mass is 9.68. The van der Waals surface area contributed by atoms with E-state index in [0.29, 0.717) is 17.5 Å². The molecule has 2 atom stereocenters. The lowest BCUT2D eigenvalue weighted by molar-refractivity contribution is 0.319. The molecule has 1 nitrogen and oxygen atoms in total. The minimum atomic E-state index is 0.365. The highest BCUT2D eigenvalue weighted by atomic mass is 15.0. The molecule has 2 aliphatic rings. The van der Waals surface area contributed by atoms with Crippen LogP contribution >= 0.6 is 0 Å². The zero-order chi connectivity index (χ0) is 11.3. The first kappa shape index (κ1) is 10.3. The van der Waals surface area contributed by atoms with Crippen LogP contribution in [0.3, 0.4) is 0 Å². The fraction of sp³-hybridized carbons (Fsp3) is 0.600. The topological polar surface area (TPSA) is 12.0 Å². The van der Waals surface area contributed by atoms with Crippen molar-refractivity contribution in [2.24, 2.45) is 0 Å². The molecule has 0 fully saturated rings. The van der Waals surface area contributed by atoms with Crippen molar-refractivity contribution >= 4 is 0 Å². The van der Waals surface area contributed by atoms with Crippen molar-refractivity contribution in [1.82, 2.24) is 5.32 Å². The summed E-state index contributed by atoms with van der Waals surface area (Å²) in [5.74, 6) is 0. The monoisotopic (exact) mass is 215 g/mol. The highest BCUT2D eigenvalue weighted by molar-refractivity contribution is 5.45. The summed E-state index contributed by atoms with van der Waals surface area (Å²) >= 11 is 0. The summed E-state index contributed by atoms with van der Waals surface area (Å²) < 4.78 is 0. The standard InChI is InChI=1S/C15H21N/c1-10-9-11-5-4-6-12-14(11)13(16-10)7-8-15(12,2)3/h4-6,10,13,16H,7-9H2,1-3H3. The van der Waals surface area contributed by atoms with Gasteiger partial charge < -0.3 is 5.32 Å². The molecule has 2 unspecified atom stereocenters. The fourth-order valence-corrected chi connectivity index (χ4v) is 3.48. The Morgan fingerprint density at radius 1 is 1.31 bits per heavy atom. The minimum absolute atomic E-state index is 0.365. The summed E-state index contributed by atoms with van der Waals surface area (Å²) in [7, 11) is 0. The van der Waals surface area contributed by atoms with Crippen LogP contribution in [-0.2, 0) is 11.8 Å². The maximum Gasteiger partial charge on any atom is 0.0328 e. The third kappa shape index (κ3) is 1.41. The SMILES string of the molecule is CC1Cc2cccc3c2C(CCC3(C)C)N1. The first-order valence-corrected chi connectivity index (χ1v) is 6.46. The normalized spacial score (nSPS) is 30.9. The Morgan fingerprint density at radius 2 is 2.12 bits per heavy atom. The van der Waals surface area contributed by atoms with E-state index in [1.165, 1.54) is 19.3 Å². The Morgan fingerprint density at radius 3 is 2.94 bits per heavy atom. The summed E-state index contributed by atoms with van der Waals surface area (Å²) in [6.07, 6.45) is 3.78. The van der Waals surface area contributed by atoms with Gasteiger partial charge in [0.1, 0.15) is 0 Å². The van der Waals surface area contributed by atoms with Crippen molar-refractivity contribution in [3.63, 3.8) is 0 Å². The molecule has 1 heterocycles. The van der Waals surface area contributed by atoms with Crippen LogP contribution in [0.25, 0.3) is 0 Å². The van der Waals surface area contributed by atoms with Gasteiger partial charge in [-0.15, -0.1) is 0 Å². The number of benzene rings is 1. The van der Waals surface area contributed by atoms with Gasteiger partial charge in [0.05, 0.1) is 0 Å². The van der Waals surface area contributed by atoms with Crippen LogP contribution in [0.2, 0.25) is 0 Å². The highest BCUT2D eigenvalue weighted by Crippen LogP contribution is 2.44. The second-order valence-corrected chi connectivity index (χ2v) is 6.13. The van der Waals surface area contributed by atoms with E-state index in [1.807, 2.05) is 0 Å². The molecule has 1 aromatic rings. The van der Waals surface area contributed by atoms with Gasteiger partial charge in [-0.2, -0.15) is 0 Å². The zero-order valence-electron chi connectivity index (χ0n) is 10.5. The van der Waals surface area contributed by atoms with Crippen molar-refractivity contribution in [2.45, 2.75) is 57.5 Å². The second-order valence-electron chi connectivity index (χ2n) is 6.13. The molecule has 86 valence electrons. The van der Waals surface area contributed by atoms with Crippen LogP contribution in [0.5, 0.6) is 0 Å². The number of hydrogen-bond donors (Lipinski definition) is 1. The van der Waals surface area contributed by atoms with Gasteiger partial charge in [0, 0.05) is 12.1 Å². The fourth-order valence-electron chi connectivity index (χ4n) is 3.48. The quantitative estimate of drug-likeness (QED) is 0.700. The number of rotatable bonds is 0. The van der Waals surface area contributed by atoms with Crippen molar-refractivity contribution in [1.29, 1.82) is 0 Å². The smallest absolute Gasteiger partial charge is 0.0328 e. The van der Waals surface area contributed by atoms with Crippen molar-refractivity contribution in [2.75, 3.05) is 0 Å². The molecular weight excluding hydrogens is 194 g/mol. The van der Waals surface area contributed by atoms with Gasteiger partial charge >= 0.3 is 0 Å². The van der Waals surface area contributed by atoms with E-state index in [-0.39, 0.29) is 0 Å². The van der Waals surface area contributed by atoms with E-state index in [0.717, 1.165) is 0 Å².